The van der Waals surface area contributed by atoms with E-state index in [9.17, 15) is 19.7 Å². The number of H-pyrrole nitrogens is 2. The zero-order chi connectivity index (χ0) is 15.1. The highest BCUT2D eigenvalue weighted by atomic mass is 16.6. The predicted octanol–water partition coefficient (Wildman–Crippen LogP) is 0.619. The van der Waals surface area contributed by atoms with Crippen molar-refractivity contribution in [3.05, 3.63) is 61.2 Å². The molecule has 106 valence electrons. The van der Waals surface area contributed by atoms with Crippen molar-refractivity contribution in [1.29, 1.82) is 0 Å². The van der Waals surface area contributed by atoms with E-state index in [4.69, 9.17) is 0 Å². The Labute approximate surface area is 116 Å². The molecule has 0 amide bonds. The second kappa shape index (κ2) is 4.40. The Hall–Kier alpha value is -3.23. The van der Waals surface area contributed by atoms with Gasteiger partial charge in [0.2, 0.25) is 0 Å². The lowest BCUT2D eigenvalue weighted by Gasteiger charge is -2.07. The van der Waals surface area contributed by atoms with Gasteiger partial charge in [-0.05, 0) is 13.0 Å². The minimum absolute atomic E-state index is 0.188. The van der Waals surface area contributed by atoms with Crippen LogP contribution < -0.4 is 11.1 Å². The van der Waals surface area contributed by atoms with Gasteiger partial charge in [0.05, 0.1) is 22.3 Å². The Bertz CT molecular complexity index is 981. The highest BCUT2D eigenvalue weighted by molar-refractivity contribution is 5.81. The lowest BCUT2D eigenvalue weighted by Crippen LogP contribution is -2.29. The van der Waals surface area contributed by atoms with Crippen LogP contribution in [0.2, 0.25) is 0 Å². The molecule has 1 aromatic carbocycles. The lowest BCUT2D eigenvalue weighted by molar-refractivity contribution is -0.384. The third-order valence-corrected chi connectivity index (χ3v) is 3.10. The summed E-state index contributed by atoms with van der Waals surface area (Å²) in [5.41, 5.74) is -0.435. The molecular weight excluding hydrogens is 278 g/mol. The van der Waals surface area contributed by atoms with Gasteiger partial charge in [-0.15, -0.1) is 0 Å². The minimum atomic E-state index is -0.858. The Morgan fingerprint density at radius 3 is 2.33 bits per heavy atom. The van der Waals surface area contributed by atoms with Crippen LogP contribution in [0.25, 0.3) is 16.7 Å². The fourth-order valence-corrected chi connectivity index (χ4v) is 2.09. The molecule has 9 nitrogen and oxygen atoms in total. The quantitative estimate of drug-likeness (QED) is 0.406. The topological polar surface area (TPSA) is 127 Å². The average molecular weight is 287 g/mol. The van der Waals surface area contributed by atoms with E-state index >= 15 is 0 Å². The van der Waals surface area contributed by atoms with Crippen LogP contribution in [-0.2, 0) is 0 Å². The van der Waals surface area contributed by atoms with Crippen molar-refractivity contribution in [2.45, 2.75) is 6.92 Å². The molecule has 0 aliphatic heterocycles. The van der Waals surface area contributed by atoms with Crippen LogP contribution in [0.15, 0.2) is 34.2 Å². The van der Waals surface area contributed by atoms with Crippen molar-refractivity contribution in [2.75, 3.05) is 0 Å². The van der Waals surface area contributed by atoms with Crippen molar-refractivity contribution < 1.29 is 4.92 Å². The number of nitro groups is 1. The minimum Gasteiger partial charge on any atom is -0.316 e. The second-order valence-corrected chi connectivity index (χ2v) is 4.46. The normalized spacial score (nSPS) is 10.9. The molecule has 2 aromatic heterocycles. The second-order valence-electron chi connectivity index (χ2n) is 4.46. The molecule has 2 N–H and O–H groups in total. The number of nitro benzene ring substituents is 1. The number of aromatic amines is 2. The van der Waals surface area contributed by atoms with Crippen LogP contribution >= 0.6 is 0 Å². The van der Waals surface area contributed by atoms with Crippen LogP contribution in [0, 0.1) is 17.0 Å². The number of aryl methyl sites for hydroxylation is 1. The van der Waals surface area contributed by atoms with E-state index in [0.717, 1.165) is 0 Å². The number of hydrogen-bond acceptors (Lipinski definition) is 5. The number of aromatic nitrogens is 4. The number of nitrogens with zero attached hydrogens (tertiary/aromatic N) is 3. The summed E-state index contributed by atoms with van der Waals surface area (Å²) in [6, 6.07) is 2.64. The third-order valence-electron chi connectivity index (χ3n) is 3.10. The summed E-state index contributed by atoms with van der Waals surface area (Å²) >= 11 is 0. The molecule has 21 heavy (non-hydrogen) atoms. The molecule has 0 spiro atoms. The summed E-state index contributed by atoms with van der Waals surface area (Å²) in [7, 11) is 0. The van der Waals surface area contributed by atoms with Crippen LogP contribution in [0.5, 0.6) is 0 Å². The number of fused-ring (bicyclic) bond motifs is 1. The van der Waals surface area contributed by atoms with Gasteiger partial charge in [0.1, 0.15) is 5.69 Å². The average Bonchev–Trinajstić information content (AvgIpc) is 2.85. The van der Waals surface area contributed by atoms with E-state index < -0.39 is 16.0 Å². The van der Waals surface area contributed by atoms with Gasteiger partial charge >= 0.3 is 11.1 Å². The predicted molar refractivity (Wildman–Crippen MR) is 73.7 cm³/mol. The van der Waals surface area contributed by atoms with Crippen molar-refractivity contribution in [1.82, 2.24) is 19.5 Å². The van der Waals surface area contributed by atoms with Gasteiger partial charge in [-0.3, -0.25) is 24.3 Å². The first-order valence-corrected chi connectivity index (χ1v) is 5.91. The van der Waals surface area contributed by atoms with Crippen LogP contribution in [-0.4, -0.2) is 24.4 Å². The summed E-state index contributed by atoms with van der Waals surface area (Å²) in [6.07, 6.45) is 3.00. The largest absolute Gasteiger partial charge is 0.316 e. The van der Waals surface area contributed by atoms with E-state index in [1.165, 1.54) is 23.0 Å². The number of hydrogen-bond donors (Lipinski definition) is 2. The highest BCUT2D eigenvalue weighted by Gasteiger charge is 2.18. The fourth-order valence-electron chi connectivity index (χ4n) is 2.09. The van der Waals surface area contributed by atoms with Crippen LogP contribution in [0.3, 0.4) is 0 Å². The van der Waals surface area contributed by atoms with E-state index in [2.05, 4.69) is 15.0 Å². The smallest absolute Gasteiger partial charge is 0.314 e. The van der Waals surface area contributed by atoms with E-state index in [0.29, 0.717) is 11.2 Å². The van der Waals surface area contributed by atoms with Crippen LogP contribution in [0.4, 0.5) is 5.69 Å². The first-order valence-electron chi connectivity index (χ1n) is 5.91. The Morgan fingerprint density at radius 2 is 1.81 bits per heavy atom. The zero-order valence-electron chi connectivity index (χ0n) is 10.8. The maximum Gasteiger partial charge on any atom is 0.314 e. The molecule has 0 aliphatic carbocycles. The maximum atomic E-state index is 11.4. The van der Waals surface area contributed by atoms with Crippen molar-refractivity contribution >= 4 is 16.7 Å². The van der Waals surface area contributed by atoms with Crippen molar-refractivity contribution in [2.24, 2.45) is 0 Å². The van der Waals surface area contributed by atoms with Gasteiger partial charge in [-0.2, -0.15) is 0 Å². The van der Waals surface area contributed by atoms with Crippen molar-refractivity contribution in [3.63, 3.8) is 0 Å². The van der Waals surface area contributed by atoms with E-state index in [-0.39, 0.29) is 16.9 Å². The summed E-state index contributed by atoms with van der Waals surface area (Å²) < 4.78 is 1.53. The van der Waals surface area contributed by atoms with Gasteiger partial charge in [0, 0.05) is 18.0 Å². The van der Waals surface area contributed by atoms with Crippen LogP contribution in [0.1, 0.15) is 5.69 Å². The van der Waals surface area contributed by atoms with Crippen molar-refractivity contribution in [3.8, 4) is 5.69 Å². The molecule has 0 saturated heterocycles. The lowest BCUT2D eigenvalue weighted by atomic mass is 10.2. The molecule has 9 heteroatoms. The Balaban J connectivity index is 2.43. The summed E-state index contributed by atoms with van der Waals surface area (Å²) in [4.78, 5) is 42.0. The molecule has 0 bridgehead atoms. The number of imidazole rings is 1. The van der Waals surface area contributed by atoms with Gasteiger partial charge in [0.25, 0.3) is 5.69 Å². The molecule has 0 aliphatic rings. The number of rotatable bonds is 2. The van der Waals surface area contributed by atoms with Gasteiger partial charge in [0.15, 0.2) is 0 Å². The summed E-state index contributed by atoms with van der Waals surface area (Å²) in [5, 5.41) is 11.2. The van der Waals surface area contributed by atoms with Gasteiger partial charge in [-0.25, -0.2) is 4.98 Å². The summed E-state index contributed by atoms with van der Waals surface area (Å²) in [6.45, 7) is 1.75. The summed E-state index contributed by atoms with van der Waals surface area (Å²) in [5.74, 6) is 0. The molecule has 0 atom stereocenters. The SMILES string of the molecule is Cc1cncn1-c1cc2[nH]c(=O)c(=O)[nH]c2cc1[N+](=O)[O-]. The molecule has 3 rings (SSSR count). The Morgan fingerprint density at radius 1 is 1.19 bits per heavy atom. The maximum absolute atomic E-state index is 11.4. The fraction of sp³-hybridized carbons (Fsp3) is 0.0833. The molecular formula is C12H9N5O4. The monoisotopic (exact) mass is 287 g/mol. The number of nitrogens with one attached hydrogen (secondary N) is 2. The van der Waals surface area contributed by atoms with E-state index in [1.807, 2.05) is 0 Å². The Kier molecular flexibility index (Phi) is 2.68. The number of benzene rings is 1. The standard InChI is InChI=1S/C12H9N5O4/c1-6-4-13-5-16(6)9-2-7-8(3-10(9)17(20)21)15-12(19)11(18)14-7/h2-5H,1H3,(H,14,18)(H,15,19). The van der Waals surface area contributed by atoms with Gasteiger partial charge in [-0.1, -0.05) is 0 Å². The first kappa shape index (κ1) is 12.8. The molecule has 2 heterocycles. The molecule has 0 unspecified atom stereocenters. The third kappa shape index (κ3) is 2.00. The van der Waals surface area contributed by atoms with Gasteiger partial charge < -0.3 is 9.97 Å². The zero-order valence-corrected chi connectivity index (χ0v) is 10.8. The highest BCUT2D eigenvalue weighted by Crippen LogP contribution is 2.27. The molecule has 0 fully saturated rings. The first-order chi connectivity index (χ1) is 9.97. The molecule has 0 radical (unpaired) electrons. The molecule has 3 aromatic rings. The molecule has 0 saturated carbocycles. The van der Waals surface area contributed by atoms with E-state index in [1.54, 1.807) is 13.1 Å².